The van der Waals surface area contributed by atoms with Crippen molar-refractivity contribution in [3.63, 3.8) is 0 Å². The Morgan fingerprint density at radius 1 is 1.12 bits per heavy atom. The number of anilines is 3. The lowest BCUT2D eigenvalue weighted by atomic mass is 10.3. The largest absolute Gasteiger partial charge is 0.368 e. The first-order chi connectivity index (χ1) is 8.13. The van der Waals surface area contributed by atoms with E-state index >= 15 is 0 Å². The summed E-state index contributed by atoms with van der Waals surface area (Å²) < 4.78 is 0. The van der Waals surface area contributed by atoms with E-state index in [2.05, 4.69) is 20.3 Å². The van der Waals surface area contributed by atoms with Crippen molar-refractivity contribution >= 4 is 29.3 Å². The van der Waals surface area contributed by atoms with Crippen molar-refractivity contribution in [1.29, 1.82) is 0 Å². The topological polar surface area (TPSA) is 76.7 Å². The first kappa shape index (κ1) is 10.3. The summed E-state index contributed by atoms with van der Waals surface area (Å²) in [5.74, 6) is 1.86. The number of pyridine rings is 1. The Balaban J connectivity index is 2.14. The van der Waals surface area contributed by atoms with Crippen LogP contribution in [0.25, 0.3) is 0 Å². The minimum atomic E-state index is 0.283. The van der Waals surface area contributed by atoms with Crippen molar-refractivity contribution in [3.8, 4) is 0 Å². The fourth-order valence-corrected chi connectivity index (χ4v) is 2.67. The second-order valence-electron chi connectivity index (χ2n) is 3.87. The highest BCUT2D eigenvalue weighted by Crippen LogP contribution is 2.43. The normalized spacial score (nSPS) is 12.6. The van der Waals surface area contributed by atoms with Crippen LogP contribution >= 0.6 is 11.8 Å². The summed E-state index contributed by atoms with van der Waals surface area (Å²) >= 11 is 1.62. The molecule has 0 aliphatic carbocycles. The van der Waals surface area contributed by atoms with Crippen LogP contribution in [0.2, 0.25) is 0 Å². The number of rotatable bonds is 0. The summed E-state index contributed by atoms with van der Waals surface area (Å²) in [7, 11) is 0. The van der Waals surface area contributed by atoms with Crippen LogP contribution in [0, 0.1) is 13.8 Å². The number of nitrogens with zero attached hydrogens (tertiary/aromatic N) is 3. The van der Waals surface area contributed by atoms with Gasteiger partial charge in [0.1, 0.15) is 5.82 Å². The summed E-state index contributed by atoms with van der Waals surface area (Å²) in [4.78, 5) is 14.9. The molecule has 6 heteroatoms. The molecule has 0 spiro atoms. The van der Waals surface area contributed by atoms with Crippen molar-refractivity contribution in [1.82, 2.24) is 15.0 Å². The Labute approximate surface area is 103 Å². The average Bonchev–Trinajstić information content (AvgIpc) is 2.26. The lowest BCUT2D eigenvalue weighted by Gasteiger charge is -2.20. The molecule has 1 aliphatic heterocycles. The van der Waals surface area contributed by atoms with Gasteiger partial charge in [-0.25, -0.2) is 9.97 Å². The molecule has 0 aromatic carbocycles. The number of fused-ring (bicyclic) bond motifs is 2. The number of hydrogen-bond acceptors (Lipinski definition) is 6. The SMILES string of the molecule is Cc1ccc2c(n1)Nc1nc(N)nc(C)c1S2. The Morgan fingerprint density at radius 2 is 1.94 bits per heavy atom. The van der Waals surface area contributed by atoms with E-state index in [0.29, 0.717) is 0 Å². The molecular formula is C11H11N5S. The molecule has 0 saturated heterocycles. The maximum atomic E-state index is 5.64. The third-order valence-corrected chi connectivity index (χ3v) is 3.74. The second-order valence-corrected chi connectivity index (χ2v) is 4.92. The maximum absolute atomic E-state index is 5.64. The van der Waals surface area contributed by atoms with Gasteiger partial charge in [0, 0.05) is 5.69 Å². The van der Waals surface area contributed by atoms with Crippen LogP contribution in [0.5, 0.6) is 0 Å². The molecule has 17 heavy (non-hydrogen) atoms. The number of nitrogen functional groups attached to an aromatic ring is 1. The zero-order chi connectivity index (χ0) is 12.0. The highest BCUT2D eigenvalue weighted by Gasteiger charge is 2.20. The molecule has 0 radical (unpaired) electrons. The van der Waals surface area contributed by atoms with Crippen molar-refractivity contribution in [2.75, 3.05) is 11.1 Å². The Hall–Kier alpha value is -1.82. The Morgan fingerprint density at radius 3 is 2.76 bits per heavy atom. The zero-order valence-electron chi connectivity index (χ0n) is 9.48. The minimum Gasteiger partial charge on any atom is -0.368 e. The van der Waals surface area contributed by atoms with Crippen LogP contribution in [0.15, 0.2) is 21.9 Å². The number of aryl methyl sites for hydroxylation is 2. The Bertz CT molecular complexity index is 611. The van der Waals surface area contributed by atoms with Gasteiger partial charge in [0.25, 0.3) is 0 Å². The van der Waals surface area contributed by atoms with Crippen molar-refractivity contribution < 1.29 is 0 Å². The van der Waals surface area contributed by atoms with Crippen LogP contribution in [-0.2, 0) is 0 Å². The van der Waals surface area contributed by atoms with E-state index in [9.17, 15) is 0 Å². The maximum Gasteiger partial charge on any atom is 0.222 e. The number of nitrogens with two attached hydrogens (primary N) is 1. The van der Waals surface area contributed by atoms with Gasteiger partial charge < -0.3 is 11.1 Å². The van der Waals surface area contributed by atoms with Crippen molar-refractivity contribution in [2.45, 2.75) is 23.6 Å². The van der Waals surface area contributed by atoms with Crippen molar-refractivity contribution in [3.05, 3.63) is 23.5 Å². The molecule has 3 heterocycles. The van der Waals surface area contributed by atoms with Crippen LogP contribution in [0.1, 0.15) is 11.4 Å². The van der Waals surface area contributed by atoms with Gasteiger partial charge in [-0.2, -0.15) is 4.98 Å². The monoisotopic (exact) mass is 245 g/mol. The molecule has 86 valence electrons. The molecule has 0 unspecified atom stereocenters. The summed E-state index contributed by atoms with van der Waals surface area (Å²) in [5, 5.41) is 3.20. The molecule has 3 N–H and O–H groups in total. The number of aromatic nitrogens is 3. The first-order valence-electron chi connectivity index (χ1n) is 5.20. The number of hydrogen-bond donors (Lipinski definition) is 2. The highest BCUT2D eigenvalue weighted by atomic mass is 32.2. The summed E-state index contributed by atoms with van der Waals surface area (Å²) in [6, 6.07) is 4.04. The van der Waals surface area contributed by atoms with Crippen LogP contribution in [-0.4, -0.2) is 15.0 Å². The highest BCUT2D eigenvalue weighted by molar-refractivity contribution is 7.99. The molecular weight excluding hydrogens is 234 g/mol. The molecule has 0 atom stereocenters. The standard InChI is InChI=1S/C11H11N5S/c1-5-3-4-7-9(13-5)15-10-8(17-7)6(2)14-11(12)16-10/h3-4H,1-2H3,(H3,12,13,14,15,16). The predicted octanol–water partition coefficient (Wildman–Crippen LogP) is 2.28. The van der Waals surface area contributed by atoms with Gasteiger partial charge in [-0.3, -0.25) is 0 Å². The third-order valence-electron chi connectivity index (χ3n) is 2.50. The fourth-order valence-electron chi connectivity index (χ4n) is 1.73. The van der Waals surface area contributed by atoms with Gasteiger partial charge in [0.15, 0.2) is 5.82 Å². The molecule has 0 saturated carbocycles. The fraction of sp³-hybridized carbons (Fsp3) is 0.182. The third kappa shape index (κ3) is 1.70. The lowest BCUT2D eigenvalue weighted by molar-refractivity contribution is 1.02. The van der Waals surface area contributed by atoms with Crippen molar-refractivity contribution in [2.24, 2.45) is 0 Å². The molecule has 3 rings (SSSR count). The van der Waals surface area contributed by atoms with E-state index in [1.165, 1.54) is 0 Å². The second kappa shape index (κ2) is 3.59. The van der Waals surface area contributed by atoms with E-state index < -0.39 is 0 Å². The van der Waals surface area contributed by atoms with Crippen LogP contribution < -0.4 is 11.1 Å². The van der Waals surface area contributed by atoms with E-state index in [-0.39, 0.29) is 5.95 Å². The lowest BCUT2D eigenvalue weighted by Crippen LogP contribution is -2.09. The molecule has 2 aromatic rings. The van der Waals surface area contributed by atoms with Gasteiger partial charge in [-0.15, -0.1) is 0 Å². The zero-order valence-corrected chi connectivity index (χ0v) is 10.3. The molecule has 2 aromatic heterocycles. The molecule has 0 amide bonds. The molecule has 0 fully saturated rings. The van der Waals surface area contributed by atoms with E-state index in [0.717, 1.165) is 32.8 Å². The van der Waals surface area contributed by atoms with Gasteiger partial charge in [-0.1, -0.05) is 11.8 Å². The van der Waals surface area contributed by atoms with Gasteiger partial charge in [0.05, 0.1) is 15.5 Å². The summed E-state index contributed by atoms with van der Waals surface area (Å²) in [6.07, 6.45) is 0. The summed E-state index contributed by atoms with van der Waals surface area (Å²) in [6.45, 7) is 3.89. The average molecular weight is 245 g/mol. The number of nitrogens with one attached hydrogen (secondary N) is 1. The van der Waals surface area contributed by atoms with E-state index in [4.69, 9.17) is 5.73 Å². The van der Waals surface area contributed by atoms with Gasteiger partial charge in [-0.05, 0) is 26.0 Å². The van der Waals surface area contributed by atoms with E-state index in [1.807, 2.05) is 26.0 Å². The molecule has 1 aliphatic rings. The van der Waals surface area contributed by atoms with Crippen LogP contribution in [0.4, 0.5) is 17.6 Å². The van der Waals surface area contributed by atoms with Gasteiger partial charge in [0.2, 0.25) is 5.95 Å². The van der Waals surface area contributed by atoms with Crippen LogP contribution in [0.3, 0.4) is 0 Å². The Kier molecular flexibility index (Phi) is 2.19. The molecule has 0 bridgehead atoms. The minimum absolute atomic E-state index is 0.283. The first-order valence-corrected chi connectivity index (χ1v) is 6.02. The predicted molar refractivity (Wildman–Crippen MR) is 67.6 cm³/mol. The van der Waals surface area contributed by atoms with Gasteiger partial charge >= 0.3 is 0 Å². The summed E-state index contributed by atoms with van der Waals surface area (Å²) in [5.41, 5.74) is 7.50. The van der Waals surface area contributed by atoms with E-state index in [1.54, 1.807) is 11.8 Å². The smallest absolute Gasteiger partial charge is 0.222 e. The quantitative estimate of drug-likeness (QED) is 0.632. The molecule has 5 nitrogen and oxygen atoms in total.